The number of aromatic nitrogens is 2. The number of anilines is 3. The number of rotatable bonds is 8. The van der Waals surface area contributed by atoms with Crippen molar-refractivity contribution in [3.05, 3.63) is 70.8 Å². The lowest BCUT2D eigenvalue weighted by atomic mass is 10.0. The first-order valence-corrected chi connectivity index (χ1v) is 12.1. The van der Waals surface area contributed by atoms with E-state index >= 15 is 0 Å². The summed E-state index contributed by atoms with van der Waals surface area (Å²) in [6.45, 7) is 0.567. The van der Waals surface area contributed by atoms with Crippen LogP contribution < -0.4 is 20.1 Å². The third-order valence-electron chi connectivity index (χ3n) is 7.34. The Kier molecular flexibility index (Phi) is 5.48. The maximum atomic E-state index is 12.4. The summed E-state index contributed by atoms with van der Waals surface area (Å²) in [5.74, 6) is 2.69. The van der Waals surface area contributed by atoms with Gasteiger partial charge in [-0.1, -0.05) is 6.07 Å². The smallest absolute Gasteiger partial charge is 0.254 e. The van der Waals surface area contributed by atoms with Crippen LogP contribution in [0, 0.1) is 0 Å². The lowest BCUT2D eigenvalue weighted by Crippen LogP contribution is -2.17. The molecular formula is C28H27N5O4. The van der Waals surface area contributed by atoms with Crippen molar-refractivity contribution in [3.63, 3.8) is 0 Å². The van der Waals surface area contributed by atoms with E-state index in [4.69, 9.17) is 9.47 Å². The molecule has 188 valence electrons. The molecule has 6 rings (SSSR count). The van der Waals surface area contributed by atoms with Crippen molar-refractivity contribution >= 4 is 40.4 Å². The maximum absolute atomic E-state index is 12.4. The summed E-state index contributed by atoms with van der Waals surface area (Å²) in [4.78, 5) is 25.1. The van der Waals surface area contributed by atoms with E-state index in [0.717, 1.165) is 45.6 Å². The first-order chi connectivity index (χ1) is 18.0. The molecule has 1 saturated carbocycles. The van der Waals surface area contributed by atoms with Gasteiger partial charge in [0, 0.05) is 30.2 Å². The fourth-order valence-corrected chi connectivity index (χ4v) is 5.32. The molecule has 1 aliphatic heterocycles. The fraction of sp³-hybridized carbons (Fsp3) is 0.250. The van der Waals surface area contributed by atoms with Gasteiger partial charge in [-0.15, -0.1) is 0 Å². The second-order valence-corrected chi connectivity index (χ2v) is 9.54. The summed E-state index contributed by atoms with van der Waals surface area (Å²) in [6, 6.07) is 15.8. The predicted octanol–water partition coefficient (Wildman–Crippen LogP) is 4.75. The van der Waals surface area contributed by atoms with Gasteiger partial charge in [-0.25, -0.2) is 0 Å². The largest absolute Gasteiger partial charge is 0.497 e. The highest BCUT2D eigenvalue weighted by atomic mass is 16.5. The summed E-state index contributed by atoms with van der Waals surface area (Å²) < 4.78 is 11.0. The Bertz CT molecular complexity index is 1550. The number of nitrogens with one attached hydrogen (secondary N) is 3. The van der Waals surface area contributed by atoms with Crippen LogP contribution >= 0.6 is 0 Å². The summed E-state index contributed by atoms with van der Waals surface area (Å²) in [5.41, 5.74) is 6.42. The van der Waals surface area contributed by atoms with E-state index in [0.29, 0.717) is 41.9 Å². The summed E-state index contributed by atoms with van der Waals surface area (Å²) in [6.07, 6.45) is 1.70. The Hall–Kier alpha value is -4.53. The topological polar surface area (TPSA) is 109 Å². The van der Waals surface area contributed by atoms with Crippen LogP contribution in [0.3, 0.4) is 0 Å². The molecule has 0 saturated heterocycles. The van der Waals surface area contributed by atoms with Crippen molar-refractivity contribution < 1.29 is 19.1 Å². The van der Waals surface area contributed by atoms with Gasteiger partial charge in [0.1, 0.15) is 11.5 Å². The minimum absolute atomic E-state index is 0.000939. The summed E-state index contributed by atoms with van der Waals surface area (Å²) >= 11 is 0. The molecule has 2 atom stereocenters. The number of benzene rings is 3. The average Bonchev–Trinajstić information content (AvgIpc) is 3.54. The average molecular weight is 498 g/mol. The third kappa shape index (κ3) is 3.92. The highest BCUT2D eigenvalue weighted by molar-refractivity contribution is 6.00. The minimum atomic E-state index is -0.000939. The van der Waals surface area contributed by atoms with Crippen molar-refractivity contribution in [2.24, 2.45) is 0 Å². The lowest BCUT2D eigenvalue weighted by molar-refractivity contribution is -0.105. The van der Waals surface area contributed by atoms with Crippen LogP contribution in [0.15, 0.2) is 48.5 Å². The molecule has 2 unspecified atom stereocenters. The number of methoxy groups -OCH3 is 2. The van der Waals surface area contributed by atoms with E-state index < -0.39 is 0 Å². The van der Waals surface area contributed by atoms with E-state index in [1.165, 1.54) is 5.56 Å². The number of H-pyrrole nitrogens is 1. The molecule has 0 spiro atoms. The van der Waals surface area contributed by atoms with Gasteiger partial charge in [-0.05, 0) is 77.4 Å². The molecule has 1 fully saturated rings. The molecule has 2 amide bonds. The minimum Gasteiger partial charge on any atom is -0.497 e. The molecule has 9 heteroatoms. The SMILES string of the molecule is COc1ccc(NC=O)c(C2CC2c2ccc3c(Nc4cc5c(cc4OC)C(=O)N(C)C5)n[nH]c3c2)c1. The molecule has 3 N–H and O–H groups in total. The van der Waals surface area contributed by atoms with Crippen LogP contribution in [0.25, 0.3) is 10.9 Å². The zero-order chi connectivity index (χ0) is 25.7. The van der Waals surface area contributed by atoms with Crippen molar-refractivity contribution in [3.8, 4) is 11.5 Å². The molecular weight excluding hydrogens is 470 g/mol. The standard InChI is InChI=1S/C28H27N5O4/c1-33-13-16-9-25(26(37-3)12-20(16)28(33)35)30-27-18-6-4-15(8-24(18)31-32-27)19-11-21(19)22-10-17(36-2)5-7-23(22)29-14-34/h4-10,12,14,19,21H,11,13H2,1-3H3,(H,29,34)(H2,30,31,32). The van der Waals surface area contributed by atoms with E-state index in [1.54, 1.807) is 32.2 Å². The number of amides is 2. The number of fused-ring (bicyclic) bond motifs is 2. The maximum Gasteiger partial charge on any atom is 0.254 e. The van der Waals surface area contributed by atoms with Gasteiger partial charge in [-0.2, -0.15) is 5.10 Å². The van der Waals surface area contributed by atoms with Crippen LogP contribution in [0.4, 0.5) is 17.2 Å². The molecule has 3 aromatic carbocycles. The molecule has 2 heterocycles. The van der Waals surface area contributed by atoms with Gasteiger partial charge in [0.2, 0.25) is 6.41 Å². The predicted molar refractivity (Wildman–Crippen MR) is 141 cm³/mol. The molecule has 37 heavy (non-hydrogen) atoms. The number of carbonyl (C=O) groups excluding carboxylic acids is 2. The molecule has 1 aliphatic carbocycles. The first-order valence-electron chi connectivity index (χ1n) is 12.1. The van der Waals surface area contributed by atoms with Gasteiger partial charge >= 0.3 is 0 Å². The van der Waals surface area contributed by atoms with E-state index in [-0.39, 0.29) is 5.91 Å². The highest BCUT2D eigenvalue weighted by Crippen LogP contribution is 2.57. The second kappa shape index (κ2) is 8.85. The summed E-state index contributed by atoms with van der Waals surface area (Å²) in [7, 11) is 5.03. The third-order valence-corrected chi connectivity index (χ3v) is 7.34. The van der Waals surface area contributed by atoms with Gasteiger partial charge in [-0.3, -0.25) is 14.7 Å². The Morgan fingerprint density at radius 1 is 1.05 bits per heavy atom. The van der Waals surface area contributed by atoms with Crippen LogP contribution in [-0.4, -0.2) is 48.7 Å². The van der Waals surface area contributed by atoms with E-state index in [9.17, 15) is 9.59 Å². The Morgan fingerprint density at radius 3 is 2.70 bits per heavy atom. The molecule has 2 aliphatic rings. The molecule has 1 aromatic heterocycles. The second-order valence-electron chi connectivity index (χ2n) is 9.54. The monoisotopic (exact) mass is 497 g/mol. The number of ether oxygens (including phenoxy) is 2. The van der Waals surface area contributed by atoms with Crippen molar-refractivity contribution in [1.29, 1.82) is 0 Å². The van der Waals surface area contributed by atoms with Crippen LogP contribution in [0.5, 0.6) is 11.5 Å². The lowest BCUT2D eigenvalue weighted by Gasteiger charge is -2.12. The zero-order valence-electron chi connectivity index (χ0n) is 20.8. The molecule has 4 aromatic rings. The Labute approximate surface area is 213 Å². The number of hydrogen-bond acceptors (Lipinski definition) is 6. The Balaban J connectivity index is 1.26. The molecule has 9 nitrogen and oxygen atoms in total. The highest BCUT2D eigenvalue weighted by Gasteiger charge is 2.41. The van der Waals surface area contributed by atoms with Gasteiger partial charge in [0.25, 0.3) is 5.91 Å². The van der Waals surface area contributed by atoms with Crippen molar-refractivity contribution in [2.45, 2.75) is 24.8 Å². The van der Waals surface area contributed by atoms with E-state index in [2.05, 4.69) is 39.0 Å². The fourth-order valence-electron chi connectivity index (χ4n) is 5.32. The number of nitrogens with zero attached hydrogens (tertiary/aromatic N) is 2. The normalized spacial score (nSPS) is 18.0. The van der Waals surface area contributed by atoms with Crippen molar-refractivity contribution in [1.82, 2.24) is 15.1 Å². The zero-order valence-corrected chi connectivity index (χ0v) is 20.8. The van der Waals surface area contributed by atoms with E-state index in [1.807, 2.05) is 24.3 Å². The van der Waals surface area contributed by atoms with Crippen LogP contribution in [0.1, 0.15) is 45.3 Å². The number of hydrogen-bond donors (Lipinski definition) is 3. The molecule has 0 bridgehead atoms. The number of carbonyl (C=O) groups is 2. The Morgan fingerprint density at radius 2 is 1.92 bits per heavy atom. The number of aromatic amines is 1. The van der Waals surface area contributed by atoms with Crippen LogP contribution in [-0.2, 0) is 11.3 Å². The molecule has 0 radical (unpaired) electrons. The summed E-state index contributed by atoms with van der Waals surface area (Å²) in [5, 5.41) is 14.8. The van der Waals surface area contributed by atoms with Gasteiger partial charge < -0.3 is 25.0 Å². The van der Waals surface area contributed by atoms with Gasteiger partial charge in [0.15, 0.2) is 5.82 Å². The van der Waals surface area contributed by atoms with Crippen molar-refractivity contribution in [2.75, 3.05) is 31.9 Å². The van der Waals surface area contributed by atoms with Gasteiger partial charge in [0.05, 0.1) is 25.4 Å². The van der Waals surface area contributed by atoms with Crippen LogP contribution in [0.2, 0.25) is 0 Å². The quantitative estimate of drug-likeness (QED) is 0.303. The first kappa shape index (κ1) is 22.9.